The van der Waals surface area contributed by atoms with Gasteiger partial charge in [-0.25, -0.2) is 13.1 Å². The van der Waals surface area contributed by atoms with Crippen molar-refractivity contribution in [2.45, 2.75) is 37.5 Å². The third-order valence-corrected chi connectivity index (χ3v) is 6.93. The van der Waals surface area contributed by atoms with E-state index in [2.05, 4.69) is 11.6 Å². The molecule has 0 radical (unpaired) electrons. The van der Waals surface area contributed by atoms with Crippen molar-refractivity contribution < 1.29 is 8.42 Å². The molecule has 1 saturated carbocycles. The van der Waals surface area contributed by atoms with Gasteiger partial charge >= 0.3 is 0 Å². The molecule has 0 bridgehead atoms. The predicted molar refractivity (Wildman–Crippen MR) is 89.9 cm³/mol. The third-order valence-electron chi connectivity index (χ3n) is 4.33. The minimum Gasteiger partial charge on any atom is -0.399 e. The van der Waals surface area contributed by atoms with Gasteiger partial charge in [0, 0.05) is 22.9 Å². The van der Waals surface area contributed by atoms with Crippen LogP contribution in [-0.2, 0) is 10.0 Å². The highest BCUT2D eigenvalue weighted by atomic mass is 32.2. The molecule has 1 aromatic carbocycles. The summed E-state index contributed by atoms with van der Waals surface area (Å²) in [5.74, 6) is 0.709. The third kappa shape index (κ3) is 4.90. The van der Waals surface area contributed by atoms with Gasteiger partial charge in [0.05, 0.1) is 5.75 Å². The average molecular weight is 329 g/mol. The summed E-state index contributed by atoms with van der Waals surface area (Å²) in [7, 11) is -3.17. The summed E-state index contributed by atoms with van der Waals surface area (Å²) >= 11 is 1.54. The Morgan fingerprint density at radius 3 is 2.48 bits per heavy atom. The van der Waals surface area contributed by atoms with Crippen LogP contribution in [0, 0.1) is 5.41 Å². The highest BCUT2D eigenvalue weighted by molar-refractivity contribution is 8.00. The molecule has 1 aromatic rings. The lowest BCUT2D eigenvalue weighted by Crippen LogP contribution is -2.42. The molecule has 4 nitrogen and oxygen atoms in total. The molecule has 6 heteroatoms. The average Bonchev–Trinajstić information content (AvgIpc) is 2.40. The number of rotatable bonds is 8. The fraction of sp³-hybridized carbons (Fsp3) is 0.600. The Balaban J connectivity index is 1.74. The highest BCUT2D eigenvalue weighted by Gasteiger charge is 2.35. The first-order chi connectivity index (χ1) is 9.95. The fourth-order valence-corrected chi connectivity index (χ4v) is 4.95. The van der Waals surface area contributed by atoms with E-state index in [0.29, 0.717) is 12.3 Å². The maximum Gasteiger partial charge on any atom is 0.212 e. The molecule has 2 rings (SSSR count). The van der Waals surface area contributed by atoms with E-state index in [1.54, 1.807) is 11.8 Å². The molecule has 118 valence electrons. The number of thioether (sulfide) groups is 1. The van der Waals surface area contributed by atoms with Crippen molar-refractivity contribution in [3.05, 3.63) is 24.3 Å². The van der Waals surface area contributed by atoms with Gasteiger partial charge in [0.15, 0.2) is 0 Å². The molecule has 0 aromatic heterocycles. The van der Waals surface area contributed by atoms with E-state index < -0.39 is 10.0 Å². The molecular weight excluding hydrogens is 304 g/mol. The van der Waals surface area contributed by atoms with Crippen LogP contribution in [0.15, 0.2) is 29.2 Å². The zero-order valence-corrected chi connectivity index (χ0v) is 14.1. The van der Waals surface area contributed by atoms with Crippen molar-refractivity contribution in [2.75, 3.05) is 23.8 Å². The number of nitrogens with one attached hydrogen (secondary N) is 1. The lowest BCUT2D eigenvalue weighted by atomic mass is 9.67. The van der Waals surface area contributed by atoms with Crippen molar-refractivity contribution in [2.24, 2.45) is 5.41 Å². The van der Waals surface area contributed by atoms with E-state index in [4.69, 9.17) is 5.73 Å². The second-order valence-corrected chi connectivity index (χ2v) is 8.86. The summed E-state index contributed by atoms with van der Waals surface area (Å²) < 4.78 is 26.9. The number of anilines is 1. The summed E-state index contributed by atoms with van der Waals surface area (Å²) in [4.78, 5) is 1.04. The lowest BCUT2D eigenvalue weighted by molar-refractivity contribution is 0.133. The summed E-state index contributed by atoms with van der Waals surface area (Å²) in [5, 5.41) is 0. The van der Waals surface area contributed by atoms with Crippen LogP contribution in [0.25, 0.3) is 0 Å². The van der Waals surface area contributed by atoms with Crippen LogP contribution in [0.4, 0.5) is 5.69 Å². The summed E-state index contributed by atoms with van der Waals surface area (Å²) in [6.07, 6.45) is 4.57. The zero-order chi connectivity index (χ0) is 15.3. The van der Waals surface area contributed by atoms with Crippen LogP contribution in [0.3, 0.4) is 0 Å². The zero-order valence-electron chi connectivity index (χ0n) is 12.5. The van der Waals surface area contributed by atoms with Gasteiger partial charge in [-0.1, -0.05) is 13.3 Å². The van der Waals surface area contributed by atoms with Crippen molar-refractivity contribution in [1.82, 2.24) is 4.72 Å². The predicted octanol–water partition coefficient (Wildman–Crippen LogP) is 2.86. The standard InChI is InChI=1S/C15H24N2O2S2/c1-2-15(8-3-9-15)12-17-21(18,19)11-10-20-14-6-4-13(16)5-7-14/h4-7,17H,2-3,8-12,16H2,1H3. The van der Waals surface area contributed by atoms with Crippen LogP contribution in [-0.4, -0.2) is 26.5 Å². The van der Waals surface area contributed by atoms with Crippen LogP contribution in [0.5, 0.6) is 0 Å². The van der Waals surface area contributed by atoms with Gasteiger partial charge < -0.3 is 5.73 Å². The molecule has 0 aliphatic heterocycles. The van der Waals surface area contributed by atoms with Gasteiger partial charge in [0.25, 0.3) is 0 Å². The van der Waals surface area contributed by atoms with Gasteiger partial charge in [-0.3, -0.25) is 0 Å². The first-order valence-corrected chi connectivity index (χ1v) is 10.0. The Morgan fingerprint density at radius 2 is 1.95 bits per heavy atom. The number of nitrogen functional groups attached to an aromatic ring is 1. The molecule has 0 heterocycles. The molecule has 1 fully saturated rings. The van der Waals surface area contributed by atoms with Crippen LogP contribution in [0.1, 0.15) is 32.6 Å². The van der Waals surface area contributed by atoms with Gasteiger partial charge in [-0.05, 0) is 48.9 Å². The highest BCUT2D eigenvalue weighted by Crippen LogP contribution is 2.43. The maximum atomic E-state index is 12.0. The Hall–Kier alpha value is -0.720. The van der Waals surface area contributed by atoms with Crippen molar-refractivity contribution >= 4 is 27.5 Å². The normalized spacial score (nSPS) is 17.4. The van der Waals surface area contributed by atoms with Gasteiger partial charge in [-0.2, -0.15) is 0 Å². The van der Waals surface area contributed by atoms with E-state index in [1.165, 1.54) is 6.42 Å². The molecule has 1 aliphatic carbocycles. The number of nitrogens with two attached hydrogens (primary N) is 1. The molecule has 0 atom stereocenters. The largest absolute Gasteiger partial charge is 0.399 e. The van der Waals surface area contributed by atoms with Crippen molar-refractivity contribution in [3.8, 4) is 0 Å². The minimum atomic E-state index is -3.17. The maximum absolute atomic E-state index is 12.0. The van der Waals surface area contributed by atoms with E-state index in [9.17, 15) is 8.42 Å². The number of hydrogen-bond acceptors (Lipinski definition) is 4. The SMILES string of the molecule is CCC1(CNS(=O)(=O)CCSc2ccc(N)cc2)CCC1. The van der Waals surface area contributed by atoms with Gasteiger partial charge in [-0.15, -0.1) is 11.8 Å². The Bertz CT molecular complexity index is 546. The van der Waals surface area contributed by atoms with E-state index in [1.807, 2.05) is 24.3 Å². The first-order valence-electron chi connectivity index (χ1n) is 7.40. The van der Waals surface area contributed by atoms with E-state index in [0.717, 1.165) is 29.8 Å². The molecule has 0 amide bonds. The smallest absolute Gasteiger partial charge is 0.212 e. The monoisotopic (exact) mass is 328 g/mol. The van der Waals surface area contributed by atoms with E-state index in [-0.39, 0.29) is 11.2 Å². The Morgan fingerprint density at radius 1 is 1.29 bits per heavy atom. The molecule has 3 N–H and O–H groups in total. The molecule has 0 saturated heterocycles. The molecular formula is C15H24N2O2S2. The van der Waals surface area contributed by atoms with Crippen molar-refractivity contribution in [3.63, 3.8) is 0 Å². The second kappa shape index (κ2) is 7.03. The van der Waals surface area contributed by atoms with Crippen LogP contribution >= 0.6 is 11.8 Å². The second-order valence-electron chi connectivity index (χ2n) is 5.76. The number of sulfonamides is 1. The Kier molecular flexibility index (Phi) is 5.57. The molecule has 1 aliphatic rings. The molecule has 0 unspecified atom stereocenters. The van der Waals surface area contributed by atoms with Gasteiger partial charge in [0.1, 0.15) is 0 Å². The lowest BCUT2D eigenvalue weighted by Gasteiger charge is -2.41. The minimum absolute atomic E-state index is 0.155. The fourth-order valence-electron chi connectivity index (χ4n) is 2.50. The molecule has 0 spiro atoms. The topological polar surface area (TPSA) is 72.2 Å². The summed E-state index contributed by atoms with van der Waals surface area (Å²) in [5.41, 5.74) is 6.56. The van der Waals surface area contributed by atoms with E-state index >= 15 is 0 Å². The molecule has 21 heavy (non-hydrogen) atoms. The van der Waals surface area contributed by atoms with Gasteiger partial charge in [0.2, 0.25) is 10.0 Å². The van der Waals surface area contributed by atoms with Crippen molar-refractivity contribution in [1.29, 1.82) is 0 Å². The summed E-state index contributed by atoms with van der Waals surface area (Å²) in [6.45, 7) is 2.74. The van der Waals surface area contributed by atoms with Crippen LogP contribution < -0.4 is 10.5 Å². The first kappa shape index (κ1) is 16.6. The number of hydrogen-bond donors (Lipinski definition) is 2. The quantitative estimate of drug-likeness (QED) is 0.568. The van der Waals surface area contributed by atoms with Crippen LogP contribution in [0.2, 0.25) is 0 Å². The number of benzene rings is 1. The Labute approximate surface area is 131 Å². The summed E-state index contributed by atoms with van der Waals surface area (Å²) in [6, 6.07) is 7.49.